The van der Waals surface area contributed by atoms with Crippen molar-refractivity contribution in [3.05, 3.63) is 11.3 Å². The zero-order chi connectivity index (χ0) is 12.3. The summed E-state index contributed by atoms with van der Waals surface area (Å²) in [5.41, 5.74) is 0. The van der Waals surface area contributed by atoms with Crippen LogP contribution in [-0.2, 0) is 0 Å². The molecular weight excluding hydrogens is 238 g/mol. The number of hydrogen-bond donors (Lipinski definition) is 0. The molecule has 0 aliphatic carbocycles. The van der Waals surface area contributed by atoms with Crippen molar-refractivity contribution in [2.75, 3.05) is 24.6 Å². The predicted molar refractivity (Wildman–Crippen MR) is 68.8 cm³/mol. The van der Waals surface area contributed by atoms with Crippen molar-refractivity contribution < 1.29 is 4.74 Å². The minimum absolute atomic E-state index is 0.455. The molecule has 4 nitrogen and oxygen atoms in total. The zero-order valence-electron chi connectivity index (χ0n) is 10.3. The molecule has 1 aliphatic heterocycles. The van der Waals surface area contributed by atoms with Crippen LogP contribution < -0.4 is 9.64 Å². The average Bonchev–Trinajstić information content (AvgIpc) is 2.81. The maximum absolute atomic E-state index is 6.28. The Kier molecular flexibility index (Phi) is 4.05. The van der Waals surface area contributed by atoms with Gasteiger partial charge in [0.2, 0.25) is 5.88 Å². The monoisotopic (exact) mass is 255 g/mol. The number of ether oxygens (including phenoxy) is 1. The quantitative estimate of drug-likeness (QED) is 0.829. The number of halogens is 1. The molecule has 1 aromatic rings. The van der Waals surface area contributed by atoms with Crippen molar-refractivity contribution in [2.45, 2.75) is 26.7 Å². The maximum atomic E-state index is 6.28. The molecule has 5 heteroatoms. The molecule has 1 aromatic heterocycles. The minimum atomic E-state index is 0.455. The highest BCUT2D eigenvalue weighted by Crippen LogP contribution is 2.32. The Hall–Kier alpha value is -1.03. The van der Waals surface area contributed by atoms with Gasteiger partial charge in [-0.25, -0.2) is 9.97 Å². The highest BCUT2D eigenvalue weighted by Gasteiger charge is 2.19. The van der Waals surface area contributed by atoms with Gasteiger partial charge in [-0.3, -0.25) is 0 Å². The summed E-state index contributed by atoms with van der Waals surface area (Å²) in [4.78, 5) is 10.5. The van der Waals surface area contributed by atoms with Crippen molar-refractivity contribution in [1.29, 1.82) is 0 Å². The maximum Gasteiger partial charge on any atom is 0.237 e. The fourth-order valence-corrected chi connectivity index (χ4v) is 2.11. The van der Waals surface area contributed by atoms with Crippen molar-refractivity contribution in [3.63, 3.8) is 0 Å². The van der Waals surface area contributed by atoms with E-state index >= 15 is 0 Å². The highest BCUT2D eigenvalue weighted by atomic mass is 35.5. The van der Waals surface area contributed by atoms with Crippen LogP contribution >= 0.6 is 11.6 Å². The third kappa shape index (κ3) is 3.00. The highest BCUT2D eigenvalue weighted by molar-refractivity contribution is 6.34. The van der Waals surface area contributed by atoms with Gasteiger partial charge in [0.1, 0.15) is 11.3 Å². The molecular formula is C12H18ClN3O. The normalized spacial score (nSPS) is 15.6. The predicted octanol–water partition coefficient (Wildman–Crippen LogP) is 2.77. The molecule has 1 fully saturated rings. The minimum Gasteiger partial charge on any atom is -0.476 e. The van der Waals surface area contributed by atoms with Gasteiger partial charge in [-0.15, -0.1) is 0 Å². The van der Waals surface area contributed by atoms with Gasteiger partial charge in [0.05, 0.1) is 6.61 Å². The summed E-state index contributed by atoms with van der Waals surface area (Å²) in [5.74, 6) is 1.76. The topological polar surface area (TPSA) is 38.3 Å². The largest absolute Gasteiger partial charge is 0.476 e. The van der Waals surface area contributed by atoms with Gasteiger partial charge in [-0.2, -0.15) is 0 Å². The van der Waals surface area contributed by atoms with Crippen LogP contribution in [0.1, 0.15) is 26.7 Å². The first kappa shape index (κ1) is 12.4. The Bertz CT molecular complexity index is 378. The van der Waals surface area contributed by atoms with Gasteiger partial charge in [-0.1, -0.05) is 25.4 Å². The van der Waals surface area contributed by atoms with Gasteiger partial charge in [-0.05, 0) is 18.8 Å². The lowest BCUT2D eigenvalue weighted by atomic mass is 10.2. The summed E-state index contributed by atoms with van der Waals surface area (Å²) in [6, 6.07) is 0. The summed E-state index contributed by atoms with van der Waals surface area (Å²) in [7, 11) is 0. The van der Waals surface area contributed by atoms with E-state index in [0.29, 0.717) is 23.4 Å². The molecule has 0 amide bonds. The first-order valence-corrected chi connectivity index (χ1v) is 6.44. The van der Waals surface area contributed by atoms with E-state index in [1.54, 1.807) is 0 Å². The lowest BCUT2D eigenvalue weighted by Gasteiger charge is -2.18. The van der Waals surface area contributed by atoms with E-state index in [2.05, 4.69) is 28.7 Å². The van der Waals surface area contributed by atoms with Crippen LogP contribution in [0.4, 0.5) is 5.82 Å². The molecule has 1 saturated heterocycles. The first-order chi connectivity index (χ1) is 8.18. The van der Waals surface area contributed by atoms with Crippen LogP contribution in [0.15, 0.2) is 6.33 Å². The van der Waals surface area contributed by atoms with Crippen LogP contribution in [0, 0.1) is 5.92 Å². The summed E-state index contributed by atoms with van der Waals surface area (Å²) in [6.07, 6.45) is 3.92. The second-order valence-electron chi connectivity index (χ2n) is 4.72. The molecule has 0 aromatic carbocycles. The Morgan fingerprint density at radius 2 is 2.06 bits per heavy atom. The lowest BCUT2D eigenvalue weighted by Crippen LogP contribution is -2.20. The van der Waals surface area contributed by atoms with E-state index in [9.17, 15) is 0 Å². The molecule has 0 saturated carbocycles. The van der Waals surface area contributed by atoms with Gasteiger partial charge >= 0.3 is 0 Å². The summed E-state index contributed by atoms with van der Waals surface area (Å²) in [6.45, 7) is 6.84. The molecule has 0 radical (unpaired) electrons. The fourth-order valence-electron chi connectivity index (χ4n) is 1.84. The van der Waals surface area contributed by atoms with Gasteiger partial charge in [0, 0.05) is 13.1 Å². The fraction of sp³-hybridized carbons (Fsp3) is 0.667. The van der Waals surface area contributed by atoms with Crippen LogP contribution in [0.2, 0.25) is 5.02 Å². The number of hydrogen-bond acceptors (Lipinski definition) is 4. The second kappa shape index (κ2) is 5.54. The Balaban J connectivity index is 2.14. The third-order valence-electron chi connectivity index (χ3n) is 2.70. The third-order valence-corrected chi connectivity index (χ3v) is 3.03. The number of anilines is 1. The van der Waals surface area contributed by atoms with E-state index in [-0.39, 0.29) is 0 Å². The van der Waals surface area contributed by atoms with Crippen molar-refractivity contribution in [2.24, 2.45) is 5.92 Å². The molecule has 0 spiro atoms. The van der Waals surface area contributed by atoms with Crippen LogP contribution in [0.3, 0.4) is 0 Å². The van der Waals surface area contributed by atoms with Crippen LogP contribution in [0.5, 0.6) is 5.88 Å². The Labute approximate surface area is 107 Å². The Morgan fingerprint density at radius 1 is 1.35 bits per heavy atom. The van der Waals surface area contributed by atoms with Gasteiger partial charge in [0.15, 0.2) is 5.82 Å². The van der Waals surface area contributed by atoms with E-state index in [0.717, 1.165) is 18.9 Å². The summed E-state index contributed by atoms with van der Waals surface area (Å²) < 4.78 is 5.59. The standard InChI is InChI=1S/C12H18ClN3O/c1-9(2)7-17-12-10(13)11(14-8-15-12)16-5-3-4-6-16/h8-9H,3-7H2,1-2H3. The summed E-state index contributed by atoms with van der Waals surface area (Å²) >= 11 is 6.28. The second-order valence-corrected chi connectivity index (χ2v) is 5.09. The van der Waals surface area contributed by atoms with Gasteiger partial charge < -0.3 is 9.64 Å². The smallest absolute Gasteiger partial charge is 0.237 e. The average molecular weight is 256 g/mol. The van der Waals surface area contributed by atoms with E-state index in [1.165, 1.54) is 19.2 Å². The van der Waals surface area contributed by atoms with Crippen LogP contribution in [-0.4, -0.2) is 29.7 Å². The zero-order valence-corrected chi connectivity index (χ0v) is 11.1. The number of aromatic nitrogens is 2. The number of rotatable bonds is 4. The summed E-state index contributed by atoms with van der Waals surface area (Å²) in [5, 5.41) is 0.537. The first-order valence-electron chi connectivity index (χ1n) is 6.06. The molecule has 0 unspecified atom stereocenters. The number of nitrogens with zero attached hydrogens (tertiary/aromatic N) is 3. The molecule has 2 rings (SSSR count). The van der Waals surface area contributed by atoms with E-state index in [4.69, 9.17) is 16.3 Å². The van der Waals surface area contributed by atoms with Gasteiger partial charge in [0.25, 0.3) is 0 Å². The van der Waals surface area contributed by atoms with Crippen molar-refractivity contribution in [3.8, 4) is 5.88 Å². The van der Waals surface area contributed by atoms with E-state index < -0.39 is 0 Å². The molecule has 2 heterocycles. The lowest BCUT2D eigenvalue weighted by molar-refractivity contribution is 0.261. The van der Waals surface area contributed by atoms with Crippen molar-refractivity contribution in [1.82, 2.24) is 9.97 Å². The van der Waals surface area contributed by atoms with Crippen molar-refractivity contribution >= 4 is 17.4 Å². The molecule has 0 bridgehead atoms. The SMILES string of the molecule is CC(C)COc1ncnc(N2CCCC2)c1Cl. The van der Waals surface area contributed by atoms with Crippen LogP contribution in [0.25, 0.3) is 0 Å². The Morgan fingerprint density at radius 3 is 2.71 bits per heavy atom. The van der Waals surface area contributed by atoms with E-state index in [1.807, 2.05) is 0 Å². The molecule has 17 heavy (non-hydrogen) atoms. The molecule has 0 N–H and O–H groups in total. The molecule has 0 atom stereocenters. The molecule has 94 valence electrons. The molecule has 1 aliphatic rings.